The highest BCUT2D eigenvalue weighted by atomic mass is 19.1. The van der Waals surface area contributed by atoms with Crippen LogP contribution in [0.4, 0.5) is 10.1 Å². The monoisotopic (exact) mass is 616 g/mol. The number of anilines is 1. The zero-order valence-electron chi connectivity index (χ0n) is 25.6. The summed E-state index contributed by atoms with van der Waals surface area (Å²) in [6.45, 7) is 4.48. The zero-order valence-corrected chi connectivity index (χ0v) is 25.6. The molecule has 0 bridgehead atoms. The molecule has 3 aromatic carbocycles. The van der Waals surface area contributed by atoms with Gasteiger partial charge < -0.3 is 30.3 Å². The number of aliphatic hydroxyl groups is 3. The van der Waals surface area contributed by atoms with Gasteiger partial charge in [0.05, 0.1) is 18.6 Å². The second kappa shape index (κ2) is 15.6. The summed E-state index contributed by atoms with van der Waals surface area (Å²) in [5, 5.41) is 42.0. The lowest BCUT2D eigenvalue weighted by molar-refractivity contribution is -0.139. The highest BCUT2D eigenvalue weighted by Crippen LogP contribution is 2.43. The third kappa shape index (κ3) is 8.66. The van der Waals surface area contributed by atoms with Crippen LogP contribution < -0.4 is 5.32 Å². The van der Waals surface area contributed by atoms with Gasteiger partial charge in [0.15, 0.2) is 0 Å². The van der Waals surface area contributed by atoms with Crippen LogP contribution >= 0.6 is 0 Å². The molecule has 4 aromatic rings. The molecule has 5 N–H and O–H groups in total. The van der Waals surface area contributed by atoms with Gasteiger partial charge in [-0.3, -0.25) is 9.59 Å². The maximum atomic E-state index is 13.9. The van der Waals surface area contributed by atoms with Crippen LogP contribution in [0.3, 0.4) is 0 Å². The predicted molar refractivity (Wildman–Crippen MR) is 173 cm³/mol. The number of carbonyl (C=O) groups excluding carboxylic acids is 1. The highest BCUT2D eigenvalue weighted by molar-refractivity contribution is 6.06. The number of halogens is 1. The molecule has 0 spiro atoms. The molecule has 0 aliphatic carbocycles. The lowest BCUT2D eigenvalue weighted by atomic mass is 9.81. The average Bonchev–Trinajstić information content (AvgIpc) is 3.48. The summed E-state index contributed by atoms with van der Waals surface area (Å²) in [6.07, 6.45) is 0.448. The van der Waals surface area contributed by atoms with Crippen molar-refractivity contribution in [1.82, 2.24) is 4.57 Å². The van der Waals surface area contributed by atoms with E-state index in [1.165, 1.54) is 12.1 Å². The van der Waals surface area contributed by atoms with E-state index in [-0.39, 0.29) is 43.6 Å². The number of hydrogen-bond acceptors (Lipinski definition) is 5. The zero-order chi connectivity index (χ0) is 32.5. The molecule has 8 nitrogen and oxygen atoms in total. The van der Waals surface area contributed by atoms with Crippen molar-refractivity contribution < 1.29 is 34.4 Å². The van der Waals surface area contributed by atoms with Crippen LogP contribution in [0.5, 0.6) is 0 Å². The Morgan fingerprint density at radius 1 is 0.933 bits per heavy atom. The summed E-state index contributed by atoms with van der Waals surface area (Å²) < 4.78 is 15.6. The Kier molecular flexibility index (Phi) is 11.6. The number of nitrogens with one attached hydrogen (secondary N) is 1. The fourth-order valence-electron chi connectivity index (χ4n) is 5.81. The van der Waals surface area contributed by atoms with E-state index in [1.807, 2.05) is 36.4 Å². The van der Waals surface area contributed by atoms with Gasteiger partial charge in [-0.25, -0.2) is 4.39 Å². The largest absolute Gasteiger partial charge is 0.481 e. The number of carboxylic acids is 1. The molecule has 0 aliphatic heterocycles. The van der Waals surface area contributed by atoms with E-state index in [4.69, 9.17) is 5.11 Å². The van der Waals surface area contributed by atoms with Gasteiger partial charge in [-0.2, -0.15) is 0 Å². The second-order valence-electron chi connectivity index (χ2n) is 11.6. The van der Waals surface area contributed by atoms with E-state index >= 15 is 0 Å². The van der Waals surface area contributed by atoms with Gasteiger partial charge in [0.25, 0.3) is 5.91 Å². The SMILES string of the molecule is CC(C)c1c(CCCO)c(-c2ccc(F)cc2)cc(NC(=O)c2cccn2CC[C@@H](O)C[C@@H](O)CC(=O)O)c1-c1ccccc1. The molecule has 0 unspecified atom stereocenters. The van der Waals surface area contributed by atoms with Crippen molar-refractivity contribution in [3.8, 4) is 22.3 Å². The fraction of sp³-hybridized carbons (Fsp3) is 0.333. The first kappa shape index (κ1) is 33.6. The Bertz CT molecular complexity index is 1580. The molecule has 1 amide bonds. The maximum absolute atomic E-state index is 13.9. The van der Waals surface area contributed by atoms with Crippen LogP contribution in [-0.2, 0) is 17.8 Å². The van der Waals surface area contributed by atoms with E-state index in [9.17, 15) is 29.3 Å². The number of amides is 1. The number of carboxylic acid groups (broad SMARTS) is 1. The molecule has 2 atom stereocenters. The molecule has 0 fully saturated rings. The van der Waals surface area contributed by atoms with Gasteiger partial charge in [0.1, 0.15) is 11.5 Å². The van der Waals surface area contributed by atoms with Gasteiger partial charge in [0.2, 0.25) is 0 Å². The van der Waals surface area contributed by atoms with Crippen molar-refractivity contribution in [2.24, 2.45) is 0 Å². The van der Waals surface area contributed by atoms with Crippen molar-refractivity contribution >= 4 is 17.6 Å². The molecule has 0 aliphatic rings. The summed E-state index contributed by atoms with van der Waals surface area (Å²) in [5.41, 5.74) is 6.46. The first-order chi connectivity index (χ1) is 21.6. The van der Waals surface area contributed by atoms with Crippen LogP contribution in [-0.4, -0.2) is 55.7 Å². The number of nitrogens with zero attached hydrogens (tertiary/aromatic N) is 1. The molecule has 238 valence electrons. The Morgan fingerprint density at radius 2 is 1.64 bits per heavy atom. The van der Waals surface area contributed by atoms with Crippen molar-refractivity contribution in [2.75, 3.05) is 11.9 Å². The number of aliphatic hydroxyl groups excluding tert-OH is 3. The van der Waals surface area contributed by atoms with Gasteiger partial charge in [-0.15, -0.1) is 0 Å². The lowest BCUT2D eigenvalue weighted by Gasteiger charge is -2.26. The third-order valence-corrected chi connectivity index (χ3v) is 7.83. The van der Waals surface area contributed by atoms with Gasteiger partial charge in [-0.05, 0) is 89.8 Å². The number of hydrogen-bond donors (Lipinski definition) is 5. The van der Waals surface area contributed by atoms with Crippen LogP contribution in [0.25, 0.3) is 22.3 Å². The third-order valence-electron chi connectivity index (χ3n) is 7.83. The van der Waals surface area contributed by atoms with E-state index in [0.29, 0.717) is 24.2 Å². The van der Waals surface area contributed by atoms with E-state index < -0.39 is 24.6 Å². The average molecular weight is 617 g/mol. The quantitative estimate of drug-likeness (QED) is 0.107. The Morgan fingerprint density at radius 3 is 2.29 bits per heavy atom. The number of carbonyl (C=O) groups is 2. The normalized spacial score (nSPS) is 12.7. The molecule has 45 heavy (non-hydrogen) atoms. The highest BCUT2D eigenvalue weighted by Gasteiger charge is 2.24. The van der Waals surface area contributed by atoms with Gasteiger partial charge in [-0.1, -0.05) is 56.3 Å². The smallest absolute Gasteiger partial charge is 0.305 e. The summed E-state index contributed by atoms with van der Waals surface area (Å²) in [4.78, 5) is 24.7. The molecule has 9 heteroatoms. The molecular weight excluding hydrogens is 575 g/mol. The minimum atomic E-state index is -1.16. The second-order valence-corrected chi connectivity index (χ2v) is 11.6. The Hall–Kier alpha value is -4.31. The molecule has 4 rings (SSSR count). The van der Waals surface area contributed by atoms with Crippen LogP contribution in [0.2, 0.25) is 0 Å². The lowest BCUT2D eigenvalue weighted by Crippen LogP contribution is -2.23. The molecule has 1 aromatic heterocycles. The minimum absolute atomic E-state index is 0.0176. The summed E-state index contributed by atoms with van der Waals surface area (Å²) in [6, 6.07) is 21.4. The number of aryl methyl sites for hydroxylation is 1. The summed E-state index contributed by atoms with van der Waals surface area (Å²) >= 11 is 0. The van der Waals surface area contributed by atoms with Crippen molar-refractivity contribution in [3.63, 3.8) is 0 Å². The summed E-state index contributed by atoms with van der Waals surface area (Å²) in [7, 11) is 0. The van der Waals surface area contributed by atoms with Crippen LogP contribution in [0.15, 0.2) is 79.0 Å². The van der Waals surface area contributed by atoms with Crippen molar-refractivity contribution in [1.29, 1.82) is 0 Å². The fourth-order valence-corrected chi connectivity index (χ4v) is 5.81. The first-order valence-corrected chi connectivity index (χ1v) is 15.2. The van der Waals surface area contributed by atoms with Gasteiger partial charge in [0, 0.05) is 30.6 Å². The number of aliphatic carboxylic acids is 1. The standard InChI is InChI=1S/C36H41FN2O6/c1-23(2)34-29(10-7-19-40)30(24-12-14-26(37)15-13-24)22-31(35(34)25-8-4-3-5-9-25)38-36(45)32-11-6-17-39(32)18-16-27(41)20-28(42)21-33(43)44/h3-6,8-9,11-15,17,22-23,27-28,40-42H,7,10,16,18-21H2,1-2H3,(H,38,45)(H,43,44)/t27-,28-/m1/s1. The molecule has 0 saturated heterocycles. The van der Waals surface area contributed by atoms with Crippen molar-refractivity contribution in [3.05, 3.63) is 102 Å². The Balaban J connectivity index is 1.75. The van der Waals surface area contributed by atoms with E-state index in [2.05, 4.69) is 19.2 Å². The number of rotatable bonds is 15. The Labute approximate surface area is 262 Å². The van der Waals surface area contributed by atoms with Crippen molar-refractivity contribution in [2.45, 2.75) is 70.6 Å². The van der Waals surface area contributed by atoms with Crippen LogP contribution in [0, 0.1) is 5.82 Å². The number of aromatic nitrogens is 1. The van der Waals surface area contributed by atoms with E-state index in [0.717, 1.165) is 33.4 Å². The summed E-state index contributed by atoms with van der Waals surface area (Å²) in [5.74, 6) is -1.80. The first-order valence-electron chi connectivity index (χ1n) is 15.2. The molecule has 1 heterocycles. The molecule has 0 saturated carbocycles. The minimum Gasteiger partial charge on any atom is -0.481 e. The molecule has 0 radical (unpaired) electrons. The topological polar surface area (TPSA) is 132 Å². The maximum Gasteiger partial charge on any atom is 0.305 e. The van der Waals surface area contributed by atoms with E-state index in [1.54, 1.807) is 35.0 Å². The molecular formula is C36H41FN2O6. The van der Waals surface area contributed by atoms with Crippen LogP contribution in [0.1, 0.15) is 67.1 Å². The predicted octanol–water partition coefficient (Wildman–Crippen LogP) is 6.24. The number of benzene rings is 3. The van der Waals surface area contributed by atoms with Gasteiger partial charge >= 0.3 is 5.97 Å².